The van der Waals surface area contributed by atoms with E-state index in [1.54, 1.807) is 12.4 Å². The van der Waals surface area contributed by atoms with Gasteiger partial charge in [-0.25, -0.2) is 4.98 Å². The number of hydrogen-bond donors (Lipinski definition) is 0. The molecule has 3 heterocycles. The van der Waals surface area contributed by atoms with E-state index in [4.69, 9.17) is 16.0 Å². The second-order valence-electron chi connectivity index (χ2n) is 4.42. The van der Waals surface area contributed by atoms with Crippen molar-refractivity contribution in [1.82, 2.24) is 9.97 Å². The van der Waals surface area contributed by atoms with E-state index >= 15 is 0 Å². The summed E-state index contributed by atoms with van der Waals surface area (Å²) in [7, 11) is 0. The van der Waals surface area contributed by atoms with Crippen molar-refractivity contribution in [3.05, 3.63) is 47.0 Å². The Hall–Kier alpha value is -1.87. The Labute approximate surface area is 108 Å². The zero-order valence-electron chi connectivity index (χ0n) is 9.48. The topological polar surface area (TPSA) is 38.9 Å². The molecule has 0 bridgehead atoms. The number of pyridine rings is 2. The molecule has 3 nitrogen and oxygen atoms in total. The molecule has 0 atom stereocenters. The molecular weight excluding hydrogens is 248 g/mol. The first-order valence-corrected chi connectivity index (χ1v) is 6.21. The molecule has 0 aliphatic heterocycles. The Morgan fingerprint density at radius 2 is 2.11 bits per heavy atom. The normalized spacial score (nSPS) is 13.4. The van der Waals surface area contributed by atoms with Gasteiger partial charge in [0, 0.05) is 35.1 Å². The average Bonchev–Trinajstić information content (AvgIpc) is 2.79. The second-order valence-corrected chi connectivity index (χ2v) is 4.78. The lowest BCUT2D eigenvalue weighted by molar-refractivity contribution is 0.619. The van der Waals surface area contributed by atoms with E-state index in [9.17, 15) is 0 Å². The SMILES string of the molecule is Clc1nccc2c3c(oc12)-c1ccncc1CC3. The van der Waals surface area contributed by atoms with E-state index in [0.717, 1.165) is 29.6 Å². The van der Waals surface area contributed by atoms with Crippen LogP contribution in [0.5, 0.6) is 0 Å². The van der Waals surface area contributed by atoms with Crippen LogP contribution in [0, 0.1) is 0 Å². The lowest BCUT2D eigenvalue weighted by Crippen LogP contribution is -2.02. The van der Waals surface area contributed by atoms with Crippen LogP contribution in [0.2, 0.25) is 5.15 Å². The molecule has 1 aliphatic carbocycles. The van der Waals surface area contributed by atoms with Crippen LogP contribution in [-0.4, -0.2) is 9.97 Å². The molecule has 0 saturated heterocycles. The van der Waals surface area contributed by atoms with Crippen molar-refractivity contribution in [3.8, 4) is 11.3 Å². The summed E-state index contributed by atoms with van der Waals surface area (Å²) in [6.07, 6.45) is 7.38. The number of rotatable bonds is 0. The number of aromatic nitrogens is 2. The van der Waals surface area contributed by atoms with Crippen LogP contribution in [0.3, 0.4) is 0 Å². The molecule has 1 aliphatic rings. The van der Waals surface area contributed by atoms with Crippen molar-refractivity contribution in [1.29, 1.82) is 0 Å². The first-order valence-electron chi connectivity index (χ1n) is 5.84. The van der Waals surface area contributed by atoms with Gasteiger partial charge in [-0.1, -0.05) is 11.6 Å². The predicted octanol–water partition coefficient (Wildman–Crippen LogP) is 3.64. The Balaban J connectivity index is 2.11. The standard InChI is InChI=1S/C14H9ClN2O/c15-14-13-11(4-6-17-14)10-2-1-8-7-16-5-3-9(8)12(10)18-13/h3-7H,1-2H2. The Bertz CT molecular complexity index is 764. The van der Waals surface area contributed by atoms with E-state index in [1.807, 2.05) is 18.3 Å². The van der Waals surface area contributed by atoms with Crippen LogP contribution in [0.25, 0.3) is 22.3 Å². The van der Waals surface area contributed by atoms with Crippen molar-refractivity contribution in [2.24, 2.45) is 0 Å². The molecule has 0 radical (unpaired) electrons. The molecule has 0 unspecified atom stereocenters. The molecule has 4 rings (SSSR count). The van der Waals surface area contributed by atoms with Gasteiger partial charge >= 0.3 is 0 Å². The van der Waals surface area contributed by atoms with Crippen LogP contribution in [0.15, 0.2) is 35.1 Å². The smallest absolute Gasteiger partial charge is 0.172 e. The fraction of sp³-hybridized carbons (Fsp3) is 0.143. The quantitative estimate of drug-likeness (QED) is 0.577. The number of fused-ring (bicyclic) bond motifs is 5. The van der Waals surface area contributed by atoms with Gasteiger partial charge in [-0.3, -0.25) is 4.98 Å². The summed E-state index contributed by atoms with van der Waals surface area (Å²) in [6.45, 7) is 0. The monoisotopic (exact) mass is 256 g/mol. The van der Waals surface area contributed by atoms with Crippen LogP contribution in [0.4, 0.5) is 0 Å². The molecule has 0 spiro atoms. The van der Waals surface area contributed by atoms with Gasteiger partial charge in [0.25, 0.3) is 0 Å². The highest BCUT2D eigenvalue weighted by atomic mass is 35.5. The third-order valence-corrected chi connectivity index (χ3v) is 3.73. The number of aryl methyl sites for hydroxylation is 2. The van der Waals surface area contributed by atoms with Crippen LogP contribution >= 0.6 is 11.6 Å². The number of furan rings is 1. The van der Waals surface area contributed by atoms with Crippen molar-refractivity contribution in [2.45, 2.75) is 12.8 Å². The summed E-state index contributed by atoms with van der Waals surface area (Å²) >= 11 is 6.09. The molecule has 3 aromatic rings. The molecule has 18 heavy (non-hydrogen) atoms. The summed E-state index contributed by atoms with van der Waals surface area (Å²) in [5.74, 6) is 0.920. The number of halogens is 1. The van der Waals surface area contributed by atoms with Crippen molar-refractivity contribution in [3.63, 3.8) is 0 Å². The first-order chi connectivity index (χ1) is 8.84. The van der Waals surface area contributed by atoms with Gasteiger partial charge in [0.1, 0.15) is 5.76 Å². The Morgan fingerprint density at radius 1 is 1.17 bits per heavy atom. The van der Waals surface area contributed by atoms with Gasteiger partial charge in [0.15, 0.2) is 10.7 Å². The van der Waals surface area contributed by atoms with Gasteiger partial charge in [-0.2, -0.15) is 0 Å². The highest BCUT2D eigenvalue weighted by Gasteiger charge is 2.23. The van der Waals surface area contributed by atoms with E-state index in [2.05, 4.69) is 9.97 Å². The van der Waals surface area contributed by atoms with E-state index < -0.39 is 0 Å². The van der Waals surface area contributed by atoms with Crippen LogP contribution in [0.1, 0.15) is 11.1 Å². The molecule has 3 aromatic heterocycles. The maximum absolute atomic E-state index is 6.09. The van der Waals surface area contributed by atoms with E-state index in [1.165, 1.54) is 11.1 Å². The predicted molar refractivity (Wildman–Crippen MR) is 69.7 cm³/mol. The molecule has 0 saturated carbocycles. The molecule has 4 heteroatoms. The number of hydrogen-bond acceptors (Lipinski definition) is 3. The van der Waals surface area contributed by atoms with Crippen molar-refractivity contribution >= 4 is 22.6 Å². The zero-order chi connectivity index (χ0) is 12.1. The van der Waals surface area contributed by atoms with Crippen LogP contribution in [-0.2, 0) is 12.8 Å². The molecule has 0 aromatic carbocycles. The highest BCUT2D eigenvalue weighted by molar-refractivity contribution is 6.33. The molecule has 0 N–H and O–H groups in total. The van der Waals surface area contributed by atoms with Gasteiger partial charge < -0.3 is 4.42 Å². The summed E-state index contributed by atoms with van der Waals surface area (Å²) < 4.78 is 5.93. The maximum Gasteiger partial charge on any atom is 0.172 e. The maximum atomic E-state index is 6.09. The lowest BCUT2D eigenvalue weighted by atomic mass is 9.91. The average molecular weight is 257 g/mol. The second kappa shape index (κ2) is 3.56. The molecule has 0 fully saturated rings. The fourth-order valence-corrected chi connectivity index (χ4v) is 2.81. The van der Waals surface area contributed by atoms with E-state index in [-0.39, 0.29) is 0 Å². The minimum Gasteiger partial charge on any atom is -0.453 e. The minimum atomic E-state index is 0.428. The summed E-state index contributed by atoms with van der Waals surface area (Å²) in [5, 5.41) is 1.50. The molecule has 88 valence electrons. The van der Waals surface area contributed by atoms with Crippen molar-refractivity contribution < 1.29 is 4.42 Å². The Morgan fingerprint density at radius 3 is 3.06 bits per heavy atom. The summed E-state index contributed by atoms with van der Waals surface area (Å²) in [5.41, 5.74) is 4.27. The molecule has 0 amide bonds. The fourth-order valence-electron chi connectivity index (χ4n) is 2.62. The number of nitrogens with zero attached hydrogens (tertiary/aromatic N) is 2. The zero-order valence-corrected chi connectivity index (χ0v) is 10.2. The van der Waals surface area contributed by atoms with Gasteiger partial charge in [-0.05, 0) is 30.5 Å². The van der Waals surface area contributed by atoms with Gasteiger partial charge in [0.2, 0.25) is 0 Å². The third kappa shape index (κ3) is 1.25. The van der Waals surface area contributed by atoms with Crippen LogP contribution < -0.4 is 0 Å². The Kier molecular flexibility index (Phi) is 2.00. The van der Waals surface area contributed by atoms with Gasteiger partial charge in [-0.15, -0.1) is 0 Å². The molecular formula is C14H9ClN2O. The largest absolute Gasteiger partial charge is 0.453 e. The lowest BCUT2D eigenvalue weighted by Gasteiger charge is -2.13. The minimum absolute atomic E-state index is 0.428. The third-order valence-electron chi connectivity index (χ3n) is 3.46. The van der Waals surface area contributed by atoms with Gasteiger partial charge in [0.05, 0.1) is 0 Å². The summed E-state index contributed by atoms with van der Waals surface area (Å²) in [4.78, 5) is 8.23. The summed E-state index contributed by atoms with van der Waals surface area (Å²) in [6, 6.07) is 3.97. The van der Waals surface area contributed by atoms with E-state index in [0.29, 0.717) is 10.7 Å². The first kappa shape index (κ1) is 10.1. The van der Waals surface area contributed by atoms with Crippen molar-refractivity contribution in [2.75, 3.05) is 0 Å². The highest BCUT2D eigenvalue weighted by Crippen LogP contribution is 2.40.